The summed E-state index contributed by atoms with van der Waals surface area (Å²) in [5, 5.41) is 8.89. The van der Waals surface area contributed by atoms with Crippen molar-refractivity contribution in [1.29, 1.82) is 0 Å². The van der Waals surface area contributed by atoms with Crippen LogP contribution >= 0.6 is 0 Å². The zero-order valence-corrected chi connectivity index (χ0v) is 9.69. The average Bonchev–Trinajstić information content (AvgIpc) is 2.61. The van der Waals surface area contributed by atoms with Gasteiger partial charge in [0.2, 0.25) is 5.76 Å². The number of carbonyl (C=O) groups is 1. The fourth-order valence-electron chi connectivity index (χ4n) is 2.30. The molecule has 2 rings (SSSR count). The van der Waals surface area contributed by atoms with E-state index < -0.39 is 5.97 Å². The zero-order chi connectivity index (χ0) is 11.7. The van der Waals surface area contributed by atoms with Crippen LogP contribution in [-0.2, 0) is 0 Å². The smallest absolute Gasteiger partial charge is 0.373 e. The second kappa shape index (κ2) is 4.28. The van der Waals surface area contributed by atoms with Crippen molar-refractivity contribution in [3.8, 4) is 0 Å². The standard InChI is InChI=1S/C12H17NO3/c1-7-3-5-9(6-4-7)11-13-8(2)10(16-11)12(14)15/h7,9H,3-6H2,1-2H3,(H,14,15). The van der Waals surface area contributed by atoms with E-state index in [2.05, 4.69) is 11.9 Å². The highest BCUT2D eigenvalue weighted by Crippen LogP contribution is 2.35. The molecule has 1 aromatic heterocycles. The van der Waals surface area contributed by atoms with Crippen molar-refractivity contribution in [2.75, 3.05) is 0 Å². The minimum absolute atomic E-state index is 0.00591. The SMILES string of the molecule is Cc1nc(C2CCC(C)CC2)oc1C(=O)O. The molecule has 0 unspecified atom stereocenters. The Kier molecular flexibility index (Phi) is 2.99. The Morgan fingerprint density at radius 3 is 2.50 bits per heavy atom. The highest BCUT2D eigenvalue weighted by Gasteiger charge is 2.26. The van der Waals surface area contributed by atoms with Crippen molar-refractivity contribution in [2.45, 2.75) is 45.4 Å². The number of nitrogens with zero attached hydrogens (tertiary/aromatic N) is 1. The van der Waals surface area contributed by atoms with Crippen molar-refractivity contribution >= 4 is 5.97 Å². The first kappa shape index (κ1) is 11.2. The molecule has 1 saturated carbocycles. The number of hydrogen-bond acceptors (Lipinski definition) is 3. The van der Waals surface area contributed by atoms with Gasteiger partial charge in [-0.05, 0) is 38.5 Å². The second-order valence-corrected chi connectivity index (χ2v) is 4.73. The van der Waals surface area contributed by atoms with E-state index in [4.69, 9.17) is 9.52 Å². The van der Waals surface area contributed by atoms with Crippen molar-refractivity contribution in [3.63, 3.8) is 0 Å². The summed E-state index contributed by atoms with van der Waals surface area (Å²) in [7, 11) is 0. The molecule has 0 radical (unpaired) electrons. The molecule has 4 nitrogen and oxygen atoms in total. The fraction of sp³-hybridized carbons (Fsp3) is 0.667. The maximum Gasteiger partial charge on any atom is 0.373 e. The van der Waals surface area contributed by atoms with Crippen LogP contribution in [0.15, 0.2) is 4.42 Å². The molecular weight excluding hydrogens is 206 g/mol. The molecule has 0 atom stereocenters. The van der Waals surface area contributed by atoms with Crippen LogP contribution < -0.4 is 0 Å². The van der Waals surface area contributed by atoms with Crippen LogP contribution in [0.2, 0.25) is 0 Å². The summed E-state index contributed by atoms with van der Waals surface area (Å²) >= 11 is 0. The van der Waals surface area contributed by atoms with Crippen LogP contribution in [0.25, 0.3) is 0 Å². The summed E-state index contributed by atoms with van der Waals surface area (Å²) in [6, 6.07) is 0. The normalized spacial score (nSPS) is 25.6. The molecule has 0 spiro atoms. The first-order chi connectivity index (χ1) is 7.58. The molecule has 0 bridgehead atoms. The van der Waals surface area contributed by atoms with E-state index in [1.54, 1.807) is 6.92 Å². The monoisotopic (exact) mass is 223 g/mol. The minimum Gasteiger partial charge on any atom is -0.475 e. The zero-order valence-electron chi connectivity index (χ0n) is 9.69. The Morgan fingerprint density at radius 1 is 1.38 bits per heavy atom. The minimum atomic E-state index is -1.03. The van der Waals surface area contributed by atoms with Gasteiger partial charge in [-0.1, -0.05) is 6.92 Å². The van der Waals surface area contributed by atoms with Crippen molar-refractivity contribution < 1.29 is 14.3 Å². The molecule has 1 N–H and O–H groups in total. The van der Waals surface area contributed by atoms with Crippen LogP contribution in [0.3, 0.4) is 0 Å². The summed E-state index contributed by atoms with van der Waals surface area (Å²) in [6.07, 6.45) is 4.46. The Labute approximate surface area is 94.7 Å². The van der Waals surface area contributed by atoms with E-state index in [1.807, 2.05) is 0 Å². The molecule has 1 aliphatic rings. The maximum absolute atomic E-state index is 10.8. The lowest BCUT2D eigenvalue weighted by atomic mass is 9.83. The molecule has 16 heavy (non-hydrogen) atoms. The van der Waals surface area contributed by atoms with Gasteiger partial charge in [0.25, 0.3) is 0 Å². The van der Waals surface area contributed by atoms with Gasteiger partial charge in [0, 0.05) is 5.92 Å². The lowest BCUT2D eigenvalue weighted by molar-refractivity contribution is 0.0657. The summed E-state index contributed by atoms with van der Waals surface area (Å²) in [4.78, 5) is 15.1. The van der Waals surface area contributed by atoms with Gasteiger partial charge in [-0.15, -0.1) is 0 Å². The predicted octanol–water partition coefficient (Wildman–Crippen LogP) is 2.97. The van der Waals surface area contributed by atoms with Gasteiger partial charge in [-0.3, -0.25) is 0 Å². The number of aromatic carboxylic acids is 1. The molecule has 88 valence electrons. The predicted molar refractivity (Wildman–Crippen MR) is 58.6 cm³/mol. The molecular formula is C12H17NO3. The third-order valence-corrected chi connectivity index (χ3v) is 3.37. The number of aromatic nitrogens is 1. The van der Waals surface area contributed by atoms with Gasteiger partial charge in [0.05, 0.1) is 5.69 Å². The molecule has 0 aromatic carbocycles. The van der Waals surface area contributed by atoms with Gasteiger partial charge in [0.15, 0.2) is 5.89 Å². The Hall–Kier alpha value is -1.32. The average molecular weight is 223 g/mol. The van der Waals surface area contributed by atoms with E-state index in [-0.39, 0.29) is 5.76 Å². The van der Waals surface area contributed by atoms with E-state index in [9.17, 15) is 4.79 Å². The van der Waals surface area contributed by atoms with Gasteiger partial charge in [0.1, 0.15) is 0 Å². The third kappa shape index (κ3) is 2.10. The largest absolute Gasteiger partial charge is 0.475 e. The van der Waals surface area contributed by atoms with Crippen molar-refractivity contribution in [2.24, 2.45) is 5.92 Å². The number of oxazole rings is 1. The Morgan fingerprint density at radius 2 is 2.00 bits per heavy atom. The van der Waals surface area contributed by atoms with E-state index in [1.165, 1.54) is 12.8 Å². The number of rotatable bonds is 2. The summed E-state index contributed by atoms with van der Waals surface area (Å²) in [5.74, 6) is 0.658. The summed E-state index contributed by atoms with van der Waals surface area (Å²) in [5.41, 5.74) is 0.487. The Balaban J connectivity index is 2.15. The molecule has 1 aromatic rings. The molecule has 1 heterocycles. The van der Waals surface area contributed by atoms with Gasteiger partial charge < -0.3 is 9.52 Å². The van der Waals surface area contributed by atoms with Gasteiger partial charge in [-0.25, -0.2) is 9.78 Å². The lowest BCUT2D eigenvalue weighted by Gasteiger charge is -2.23. The topological polar surface area (TPSA) is 63.3 Å². The Bertz CT molecular complexity index is 389. The summed E-state index contributed by atoms with van der Waals surface area (Å²) < 4.78 is 5.34. The fourth-order valence-corrected chi connectivity index (χ4v) is 2.30. The quantitative estimate of drug-likeness (QED) is 0.837. The number of carboxylic acid groups (broad SMARTS) is 1. The number of aryl methyl sites for hydroxylation is 1. The first-order valence-electron chi connectivity index (χ1n) is 5.78. The maximum atomic E-state index is 10.8. The summed E-state index contributed by atoms with van der Waals surface area (Å²) in [6.45, 7) is 3.93. The van der Waals surface area contributed by atoms with E-state index >= 15 is 0 Å². The molecule has 1 aliphatic carbocycles. The highest BCUT2D eigenvalue weighted by atomic mass is 16.4. The van der Waals surface area contributed by atoms with Crippen LogP contribution in [0.5, 0.6) is 0 Å². The molecule has 1 fully saturated rings. The second-order valence-electron chi connectivity index (χ2n) is 4.73. The van der Waals surface area contributed by atoms with Crippen LogP contribution in [-0.4, -0.2) is 16.1 Å². The molecule has 4 heteroatoms. The lowest BCUT2D eigenvalue weighted by Crippen LogP contribution is -2.11. The number of carboxylic acids is 1. The van der Waals surface area contributed by atoms with Gasteiger partial charge >= 0.3 is 5.97 Å². The third-order valence-electron chi connectivity index (χ3n) is 3.37. The molecule has 0 saturated heterocycles. The van der Waals surface area contributed by atoms with Crippen LogP contribution in [0, 0.1) is 12.8 Å². The first-order valence-corrected chi connectivity index (χ1v) is 5.78. The number of hydrogen-bond donors (Lipinski definition) is 1. The highest BCUT2D eigenvalue weighted by molar-refractivity contribution is 5.85. The molecule has 0 amide bonds. The molecule has 0 aliphatic heterocycles. The van der Waals surface area contributed by atoms with Gasteiger partial charge in [-0.2, -0.15) is 0 Å². The van der Waals surface area contributed by atoms with Crippen molar-refractivity contribution in [3.05, 3.63) is 17.3 Å². The van der Waals surface area contributed by atoms with Crippen LogP contribution in [0.4, 0.5) is 0 Å². The van der Waals surface area contributed by atoms with Crippen molar-refractivity contribution in [1.82, 2.24) is 4.98 Å². The van der Waals surface area contributed by atoms with E-state index in [0.717, 1.165) is 18.8 Å². The van der Waals surface area contributed by atoms with E-state index in [0.29, 0.717) is 17.5 Å². The van der Waals surface area contributed by atoms with Crippen LogP contribution in [0.1, 0.15) is 60.7 Å².